The van der Waals surface area contributed by atoms with Crippen molar-refractivity contribution in [3.05, 3.63) is 119 Å². The van der Waals surface area contributed by atoms with Gasteiger partial charge in [0.15, 0.2) is 6.29 Å². The number of aliphatic hydroxyl groups is 1. The van der Waals surface area contributed by atoms with Gasteiger partial charge in [0.25, 0.3) is 0 Å². The lowest BCUT2D eigenvalue weighted by atomic mass is 9.91. The van der Waals surface area contributed by atoms with Crippen molar-refractivity contribution in [3.8, 4) is 11.1 Å². The summed E-state index contributed by atoms with van der Waals surface area (Å²) in [6, 6.07) is 32.3. The highest BCUT2D eigenvalue weighted by molar-refractivity contribution is 7.99. The predicted octanol–water partition coefficient (Wildman–Crippen LogP) is 6.85. The number of nitrogens with two attached hydrogens (primary N) is 1. The Morgan fingerprint density at radius 2 is 1.59 bits per heavy atom. The van der Waals surface area contributed by atoms with Crippen LogP contribution in [0.1, 0.15) is 48.5 Å². The van der Waals surface area contributed by atoms with Crippen molar-refractivity contribution in [1.82, 2.24) is 0 Å². The molecule has 0 bridgehead atoms. The second-order valence-electron chi connectivity index (χ2n) is 10.3. The van der Waals surface area contributed by atoms with Crippen LogP contribution in [0.15, 0.2) is 102 Å². The van der Waals surface area contributed by atoms with E-state index in [2.05, 4.69) is 48.6 Å². The Bertz CT molecular complexity index is 1440. The standard InChI is InChI=1S/C34H36N2O4S/c1-22-32(21-41-30-17-15-29(16-18-30)36-23(2)38)39-34(40-33(22)26-9-7-24(20-37)8-10-26)27-13-11-25(12-14-27)31-6-4-3-5-28(31)19-35/h3-18,22,32-34,37H,19-21,35H2,1-2H3,(H,36,38). The van der Waals surface area contributed by atoms with Crippen molar-refractivity contribution in [2.45, 2.75) is 50.4 Å². The fourth-order valence-corrected chi connectivity index (χ4v) is 6.19. The highest BCUT2D eigenvalue weighted by atomic mass is 32.2. The number of hydrogen-bond acceptors (Lipinski definition) is 6. The molecule has 6 nitrogen and oxygen atoms in total. The molecule has 1 aliphatic rings. The lowest BCUT2D eigenvalue weighted by Crippen LogP contribution is -2.38. The zero-order valence-electron chi connectivity index (χ0n) is 23.3. The van der Waals surface area contributed by atoms with Gasteiger partial charge >= 0.3 is 0 Å². The summed E-state index contributed by atoms with van der Waals surface area (Å²) in [4.78, 5) is 12.5. The fraction of sp³-hybridized carbons (Fsp3) is 0.265. The lowest BCUT2D eigenvalue weighted by Gasteiger charge is -2.41. The minimum Gasteiger partial charge on any atom is -0.392 e. The van der Waals surface area contributed by atoms with E-state index in [4.69, 9.17) is 15.2 Å². The molecule has 4 unspecified atom stereocenters. The summed E-state index contributed by atoms with van der Waals surface area (Å²) < 4.78 is 13.2. The van der Waals surface area contributed by atoms with E-state index in [1.54, 1.807) is 11.8 Å². The molecule has 0 radical (unpaired) electrons. The van der Waals surface area contributed by atoms with Gasteiger partial charge in [-0.15, -0.1) is 11.8 Å². The Morgan fingerprint density at radius 3 is 2.24 bits per heavy atom. The zero-order chi connectivity index (χ0) is 28.8. The number of amides is 1. The fourth-order valence-electron chi connectivity index (χ4n) is 5.13. The van der Waals surface area contributed by atoms with Gasteiger partial charge < -0.3 is 25.6 Å². The van der Waals surface area contributed by atoms with Gasteiger partial charge in [-0.1, -0.05) is 79.7 Å². The van der Waals surface area contributed by atoms with Gasteiger partial charge in [-0.05, 0) is 52.1 Å². The maximum Gasteiger partial charge on any atom is 0.221 e. The molecule has 1 amide bonds. The van der Waals surface area contributed by atoms with Crippen LogP contribution in [0, 0.1) is 5.92 Å². The molecule has 1 saturated heterocycles. The number of carbonyl (C=O) groups excluding carboxylic acids is 1. The van der Waals surface area contributed by atoms with Gasteiger partial charge in [0.2, 0.25) is 5.91 Å². The first-order chi connectivity index (χ1) is 19.9. The first-order valence-electron chi connectivity index (χ1n) is 13.8. The number of benzene rings is 4. The summed E-state index contributed by atoms with van der Waals surface area (Å²) >= 11 is 1.72. The molecular weight excluding hydrogens is 532 g/mol. The third-order valence-electron chi connectivity index (χ3n) is 7.44. The Labute approximate surface area is 245 Å². The maximum absolute atomic E-state index is 11.4. The molecule has 0 aliphatic carbocycles. The van der Waals surface area contributed by atoms with E-state index in [0.29, 0.717) is 6.54 Å². The Balaban J connectivity index is 1.37. The van der Waals surface area contributed by atoms with Crippen LogP contribution in [-0.2, 0) is 27.4 Å². The van der Waals surface area contributed by atoms with Crippen LogP contribution < -0.4 is 11.1 Å². The van der Waals surface area contributed by atoms with Crippen LogP contribution >= 0.6 is 11.8 Å². The summed E-state index contributed by atoms with van der Waals surface area (Å²) in [7, 11) is 0. The van der Waals surface area contributed by atoms with Gasteiger partial charge in [-0.25, -0.2) is 0 Å². The average Bonchev–Trinajstić information content (AvgIpc) is 3.01. The Morgan fingerprint density at radius 1 is 0.902 bits per heavy atom. The second-order valence-corrected chi connectivity index (χ2v) is 11.4. The number of rotatable bonds is 9. The number of carbonyl (C=O) groups is 1. The molecule has 4 aromatic rings. The first-order valence-corrected chi connectivity index (χ1v) is 14.8. The van der Waals surface area contributed by atoms with Crippen LogP contribution in [0.25, 0.3) is 11.1 Å². The zero-order valence-corrected chi connectivity index (χ0v) is 24.1. The van der Waals surface area contributed by atoms with Crippen molar-refractivity contribution in [1.29, 1.82) is 0 Å². The molecule has 0 aromatic heterocycles. The summed E-state index contributed by atoms with van der Waals surface area (Å²) in [5.74, 6) is 0.747. The third-order valence-corrected chi connectivity index (χ3v) is 8.54. The quantitative estimate of drug-likeness (QED) is 0.191. The molecule has 41 heavy (non-hydrogen) atoms. The van der Waals surface area contributed by atoms with Crippen LogP contribution in [-0.4, -0.2) is 22.9 Å². The van der Waals surface area contributed by atoms with Crippen molar-refractivity contribution < 1.29 is 19.4 Å². The molecule has 1 fully saturated rings. The SMILES string of the molecule is CC(=O)Nc1ccc(SCC2OC(c3ccc(-c4ccccc4CN)cc3)OC(c3ccc(CO)cc3)C2C)cc1. The molecule has 4 aromatic carbocycles. The predicted molar refractivity (Wildman–Crippen MR) is 164 cm³/mol. The summed E-state index contributed by atoms with van der Waals surface area (Å²) in [5.41, 5.74) is 13.0. The van der Waals surface area contributed by atoms with E-state index in [1.807, 2.05) is 60.7 Å². The monoisotopic (exact) mass is 568 g/mol. The number of thioether (sulfide) groups is 1. The van der Waals surface area contributed by atoms with E-state index in [-0.39, 0.29) is 30.6 Å². The van der Waals surface area contributed by atoms with E-state index in [1.165, 1.54) is 6.92 Å². The van der Waals surface area contributed by atoms with Crippen LogP contribution in [0.4, 0.5) is 5.69 Å². The number of aliphatic hydroxyl groups excluding tert-OH is 1. The number of nitrogens with one attached hydrogen (secondary N) is 1. The topological polar surface area (TPSA) is 93.8 Å². The largest absolute Gasteiger partial charge is 0.392 e. The summed E-state index contributed by atoms with van der Waals surface area (Å²) in [6.45, 7) is 4.16. The lowest BCUT2D eigenvalue weighted by molar-refractivity contribution is -0.268. The summed E-state index contributed by atoms with van der Waals surface area (Å²) in [6.07, 6.45) is -0.777. The summed E-state index contributed by atoms with van der Waals surface area (Å²) in [5, 5.41) is 12.3. The molecule has 212 valence electrons. The molecule has 0 saturated carbocycles. The normalized spacial score (nSPS) is 20.5. The van der Waals surface area contributed by atoms with Gasteiger partial charge in [-0.3, -0.25) is 4.79 Å². The van der Waals surface area contributed by atoms with Gasteiger partial charge in [0.1, 0.15) is 0 Å². The molecule has 7 heteroatoms. The second kappa shape index (κ2) is 13.5. The number of ether oxygens (including phenoxy) is 2. The number of hydrogen-bond donors (Lipinski definition) is 3. The Hall–Kier alpha value is -3.46. The molecule has 1 aliphatic heterocycles. The van der Waals surface area contributed by atoms with Crippen LogP contribution in [0.2, 0.25) is 0 Å². The van der Waals surface area contributed by atoms with Crippen molar-refractivity contribution >= 4 is 23.4 Å². The molecule has 4 atom stereocenters. The van der Waals surface area contributed by atoms with E-state index in [0.717, 1.165) is 49.7 Å². The highest BCUT2D eigenvalue weighted by Crippen LogP contribution is 2.43. The van der Waals surface area contributed by atoms with Crippen LogP contribution in [0.5, 0.6) is 0 Å². The van der Waals surface area contributed by atoms with Gasteiger partial charge in [-0.2, -0.15) is 0 Å². The maximum atomic E-state index is 11.4. The highest BCUT2D eigenvalue weighted by Gasteiger charge is 2.38. The molecule has 4 N–H and O–H groups in total. The molecule has 1 heterocycles. The van der Waals surface area contributed by atoms with E-state index in [9.17, 15) is 9.90 Å². The molecule has 5 rings (SSSR count). The minimum atomic E-state index is -0.528. The van der Waals surface area contributed by atoms with Gasteiger partial charge in [0, 0.05) is 41.3 Å². The minimum absolute atomic E-state index is 0.00667. The van der Waals surface area contributed by atoms with Crippen molar-refractivity contribution in [2.24, 2.45) is 11.7 Å². The van der Waals surface area contributed by atoms with Crippen molar-refractivity contribution in [3.63, 3.8) is 0 Å². The van der Waals surface area contributed by atoms with Crippen molar-refractivity contribution in [2.75, 3.05) is 11.1 Å². The first kappa shape index (κ1) is 29.0. The smallest absolute Gasteiger partial charge is 0.221 e. The molecular formula is C34H36N2O4S. The molecule has 0 spiro atoms. The number of anilines is 1. The van der Waals surface area contributed by atoms with E-state index >= 15 is 0 Å². The third kappa shape index (κ3) is 7.07. The van der Waals surface area contributed by atoms with E-state index < -0.39 is 6.29 Å². The average molecular weight is 569 g/mol. The Kier molecular flexibility index (Phi) is 9.54. The van der Waals surface area contributed by atoms with Gasteiger partial charge in [0.05, 0.1) is 18.8 Å². The van der Waals surface area contributed by atoms with Crippen LogP contribution in [0.3, 0.4) is 0 Å².